The van der Waals surface area contributed by atoms with E-state index in [0.717, 1.165) is 5.56 Å². The number of amides is 1. The topological polar surface area (TPSA) is 115 Å². The number of ether oxygens (including phenoxy) is 1. The minimum absolute atomic E-state index is 0. The molecule has 0 bridgehead atoms. The number of carbonyl (C=O) groups excluding carboxylic acids is 1. The molecule has 4 N–H and O–H groups in total. The Bertz CT molecular complexity index is 969. The third-order valence-electron chi connectivity index (χ3n) is 4.08. The van der Waals surface area contributed by atoms with Crippen molar-refractivity contribution < 1.29 is 14.6 Å². The molecule has 1 amide bonds. The molecule has 3 aromatic rings. The highest BCUT2D eigenvalue weighted by Crippen LogP contribution is 2.25. The lowest BCUT2D eigenvalue weighted by molar-refractivity contribution is -0.126. The minimum atomic E-state index is -1.07. The van der Waals surface area contributed by atoms with Crippen molar-refractivity contribution in [2.24, 2.45) is 5.73 Å². The molecule has 0 fully saturated rings. The molecule has 3 rings (SSSR count). The Balaban J connectivity index is 0.00000300. The van der Waals surface area contributed by atoms with Gasteiger partial charge in [-0.2, -0.15) is 0 Å². The highest BCUT2D eigenvalue weighted by Gasteiger charge is 2.28. The lowest BCUT2D eigenvalue weighted by atomic mass is 10.1. The third-order valence-corrected chi connectivity index (χ3v) is 4.51. The van der Waals surface area contributed by atoms with E-state index in [-0.39, 0.29) is 31.3 Å². The Hall–Kier alpha value is -2.49. The summed E-state index contributed by atoms with van der Waals surface area (Å²) < 4.78 is 8.07. The van der Waals surface area contributed by atoms with Crippen LogP contribution in [0, 0.1) is 0 Å². The molecule has 0 aliphatic rings. The largest absolute Gasteiger partial charge is 0.504 e. The number of pyridine rings is 1. The number of benzene rings is 1. The Kier molecular flexibility index (Phi) is 7.34. The first kappa shape index (κ1) is 22.8. The van der Waals surface area contributed by atoms with Crippen molar-refractivity contribution >= 4 is 27.5 Å². The van der Waals surface area contributed by atoms with Crippen molar-refractivity contribution in [2.75, 3.05) is 6.61 Å². The molecule has 0 unspecified atom stereocenters. The number of rotatable bonds is 7. The molecule has 2 heterocycles. The van der Waals surface area contributed by atoms with Crippen molar-refractivity contribution in [3.63, 3.8) is 0 Å². The van der Waals surface area contributed by atoms with Gasteiger partial charge in [0.15, 0.2) is 11.6 Å². The van der Waals surface area contributed by atoms with Crippen LogP contribution in [0.4, 0.5) is 0 Å². The molecule has 0 radical (unpaired) electrons. The van der Waals surface area contributed by atoms with E-state index in [9.17, 15) is 9.90 Å². The number of hydrogen-bond acceptors (Lipinski definition) is 6. The minimum Gasteiger partial charge on any atom is -0.504 e. The average molecular weight is 464 g/mol. The number of nitrogens with zero attached hydrogens (tertiary/aromatic N) is 3. The molecular formula is C20H26BrN5O3. The molecule has 0 aliphatic carbocycles. The molecule has 0 aliphatic heterocycles. The average Bonchev–Trinajstić information content (AvgIpc) is 3.05. The second kappa shape index (κ2) is 9.34. The van der Waals surface area contributed by atoms with Gasteiger partial charge in [0, 0.05) is 10.7 Å². The predicted molar refractivity (Wildman–Crippen MR) is 114 cm³/mol. The van der Waals surface area contributed by atoms with Crippen molar-refractivity contribution in [1.29, 1.82) is 0 Å². The van der Waals surface area contributed by atoms with Crippen molar-refractivity contribution in [3.05, 3.63) is 58.5 Å². The molecule has 9 heteroatoms. The molecule has 0 spiro atoms. The smallest absolute Gasteiger partial charge is 0.240 e. The van der Waals surface area contributed by atoms with Crippen LogP contribution in [-0.2, 0) is 16.1 Å². The van der Waals surface area contributed by atoms with E-state index in [0.29, 0.717) is 16.9 Å². The van der Waals surface area contributed by atoms with Gasteiger partial charge in [-0.1, -0.05) is 37.8 Å². The summed E-state index contributed by atoms with van der Waals surface area (Å²) in [6.07, 6.45) is 1.72. The second-order valence-electron chi connectivity index (χ2n) is 7.04. The first-order valence-corrected chi connectivity index (χ1v) is 9.49. The van der Waals surface area contributed by atoms with Crippen molar-refractivity contribution in [1.82, 2.24) is 19.9 Å². The van der Waals surface area contributed by atoms with Crippen LogP contribution in [0.1, 0.15) is 38.7 Å². The van der Waals surface area contributed by atoms with Crippen LogP contribution in [0.2, 0.25) is 0 Å². The van der Waals surface area contributed by atoms with Crippen LogP contribution in [-0.4, -0.2) is 37.8 Å². The number of aromatic hydroxyl groups is 1. The van der Waals surface area contributed by atoms with Gasteiger partial charge >= 0.3 is 0 Å². The maximum Gasteiger partial charge on any atom is 0.240 e. The van der Waals surface area contributed by atoms with Gasteiger partial charge in [0.05, 0.1) is 18.8 Å². The van der Waals surface area contributed by atoms with Crippen molar-refractivity contribution in [2.45, 2.75) is 39.5 Å². The van der Waals surface area contributed by atoms with E-state index < -0.39 is 11.6 Å². The standard InChI is InChI=1S/C19H22BrN5O3.CH4/c1-19(2,21)18(27)22-14(11-28-10-12-6-4-3-5-7-12)16-23-24-17-15(26)8-13(20)9-25(16)17;/h3-9,14,26H,10-11,21H2,1-2H3,(H,22,27);1H4/t14-;/m1./s1. The lowest BCUT2D eigenvalue weighted by Crippen LogP contribution is -2.50. The van der Waals surface area contributed by atoms with Gasteiger partial charge in [-0.3, -0.25) is 9.20 Å². The molecule has 29 heavy (non-hydrogen) atoms. The maximum absolute atomic E-state index is 12.5. The first-order chi connectivity index (χ1) is 13.3. The second-order valence-corrected chi connectivity index (χ2v) is 7.96. The summed E-state index contributed by atoms with van der Waals surface area (Å²) in [7, 11) is 0. The van der Waals surface area contributed by atoms with Crippen LogP contribution < -0.4 is 11.1 Å². The van der Waals surface area contributed by atoms with E-state index in [4.69, 9.17) is 10.5 Å². The SMILES string of the molecule is C.CC(C)(N)C(=O)N[C@H](COCc1ccccc1)c1nnc2c(O)cc(Br)cn12. The van der Waals surface area contributed by atoms with Crippen LogP contribution in [0.25, 0.3) is 5.65 Å². The van der Waals surface area contributed by atoms with Crippen molar-refractivity contribution in [3.8, 4) is 5.75 Å². The number of fused-ring (bicyclic) bond motifs is 1. The van der Waals surface area contributed by atoms with Gasteiger partial charge in [0.25, 0.3) is 0 Å². The summed E-state index contributed by atoms with van der Waals surface area (Å²) in [5.41, 5.74) is 6.15. The summed E-state index contributed by atoms with van der Waals surface area (Å²) >= 11 is 3.34. The summed E-state index contributed by atoms with van der Waals surface area (Å²) in [6.45, 7) is 3.78. The quantitative estimate of drug-likeness (QED) is 0.496. The van der Waals surface area contributed by atoms with E-state index in [1.165, 1.54) is 6.07 Å². The van der Waals surface area contributed by atoms with E-state index in [1.807, 2.05) is 30.3 Å². The fourth-order valence-corrected chi connectivity index (χ4v) is 3.01. The Morgan fingerprint density at radius 3 is 2.69 bits per heavy atom. The summed E-state index contributed by atoms with van der Waals surface area (Å²) in [6, 6.07) is 10.6. The molecule has 2 aromatic heterocycles. The number of aromatic nitrogens is 3. The van der Waals surface area contributed by atoms with Gasteiger partial charge < -0.3 is 20.9 Å². The summed E-state index contributed by atoms with van der Waals surface area (Å²) in [4.78, 5) is 12.5. The molecule has 1 atom stereocenters. The van der Waals surface area contributed by atoms with Crippen LogP contribution >= 0.6 is 15.9 Å². The van der Waals surface area contributed by atoms with E-state index in [1.54, 1.807) is 24.4 Å². The molecule has 1 aromatic carbocycles. The van der Waals surface area contributed by atoms with Gasteiger partial charge in [0.2, 0.25) is 11.6 Å². The van der Waals surface area contributed by atoms with Gasteiger partial charge in [-0.25, -0.2) is 0 Å². The lowest BCUT2D eigenvalue weighted by Gasteiger charge is -2.23. The van der Waals surface area contributed by atoms with Crippen LogP contribution in [0.5, 0.6) is 5.75 Å². The Morgan fingerprint density at radius 1 is 1.34 bits per heavy atom. The van der Waals surface area contributed by atoms with Gasteiger partial charge in [-0.05, 0) is 41.4 Å². The number of nitrogens with two attached hydrogens (primary N) is 1. The number of nitrogens with one attached hydrogen (secondary N) is 1. The maximum atomic E-state index is 12.5. The van der Waals surface area contributed by atoms with Crippen LogP contribution in [0.15, 0.2) is 47.1 Å². The molecule has 8 nitrogen and oxygen atoms in total. The van der Waals surface area contributed by atoms with Crippen LogP contribution in [0.3, 0.4) is 0 Å². The van der Waals surface area contributed by atoms with Gasteiger partial charge in [-0.15, -0.1) is 10.2 Å². The number of carbonyl (C=O) groups is 1. The summed E-state index contributed by atoms with van der Waals surface area (Å²) in [5, 5.41) is 21.1. The predicted octanol–water partition coefficient (Wildman–Crippen LogP) is 2.94. The third kappa shape index (κ3) is 5.53. The zero-order chi connectivity index (χ0) is 20.3. The number of halogens is 1. The molecular weight excluding hydrogens is 438 g/mol. The molecule has 0 saturated carbocycles. The van der Waals surface area contributed by atoms with E-state index >= 15 is 0 Å². The fraction of sp³-hybridized carbons (Fsp3) is 0.350. The monoisotopic (exact) mass is 463 g/mol. The normalized spacial score (nSPS) is 12.4. The highest BCUT2D eigenvalue weighted by atomic mass is 79.9. The van der Waals surface area contributed by atoms with Gasteiger partial charge in [0.1, 0.15) is 6.04 Å². The Labute approximate surface area is 178 Å². The zero-order valence-electron chi connectivity index (χ0n) is 15.6. The fourth-order valence-electron chi connectivity index (χ4n) is 2.59. The molecule has 156 valence electrons. The first-order valence-electron chi connectivity index (χ1n) is 8.70. The molecule has 0 saturated heterocycles. The number of hydrogen-bond donors (Lipinski definition) is 3. The van der Waals surface area contributed by atoms with E-state index in [2.05, 4.69) is 31.4 Å². The Morgan fingerprint density at radius 2 is 2.03 bits per heavy atom. The highest BCUT2D eigenvalue weighted by molar-refractivity contribution is 9.10. The summed E-state index contributed by atoms with van der Waals surface area (Å²) in [5.74, 6) is 0.0524. The zero-order valence-corrected chi connectivity index (χ0v) is 17.2.